The molecule has 3 aromatic rings. The van der Waals surface area contributed by atoms with E-state index < -0.39 is 11.9 Å². The van der Waals surface area contributed by atoms with Gasteiger partial charge in [-0.2, -0.15) is 0 Å². The average molecular weight is 485 g/mol. The number of anilines is 1. The Labute approximate surface area is 207 Å². The topological polar surface area (TPSA) is 114 Å². The summed E-state index contributed by atoms with van der Waals surface area (Å²) in [5.74, 6) is 0.607. The molecular weight excluding hydrogens is 462 g/mol. The average Bonchev–Trinajstić information content (AvgIpc) is 3.20. The number of benzene rings is 3. The second-order valence-electron chi connectivity index (χ2n) is 8.53. The first-order valence-corrected chi connectivity index (χ1v) is 11.4. The summed E-state index contributed by atoms with van der Waals surface area (Å²) in [5, 5.41) is 5.13. The van der Waals surface area contributed by atoms with Crippen LogP contribution in [0.3, 0.4) is 0 Å². The Kier molecular flexibility index (Phi) is 6.12. The molecule has 1 unspecified atom stereocenters. The lowest BCUT2D eigenvalue weighted by molar-refractivity contribution is -0.136. The van der Waals surface area contributed by atoms with Gasteiger partial charge >= 0.3 is 0 Å². The summed E-state index contributed by atoms with van der Waals surface area (Å²) in [6.07, 6.45) is 0.494. The molecule has 1 atom stereocenters. The lowest BCUT2D eigenvalue weighted by atomic mass is 10.0. The van der Waals surface area contributed by atoms with Crippen LogP contribution in [0, 0.1) is 0 Å². The number of carbonyl (C=O) groups is 4. The third-order valence-electron chi connectivity index (χ3n) is 6.19. The fourth-order valence-electron chi connectivity index (χ4n) is 4.31. The number of nitrogens with zero attached hydrogens (tertiary/aromatic N) is 1. The molecular formula is C27H23N3O6. The predicted octanol–water partition coefficient (Wildman–Crippen LogP) is 3.50. The molecule has 0 aliphatic carbocycles. The summed E-state index contributed by atoms with van der Waals surface area (Å²) >= 11 is 0. The van der Waals surface area contributed by atoms with Crippen molar-refractivity contribution < 1.29 is 28.7 Å². The maximum Gasteiger partial charge on any atom is 0.255 e. The first-order chi connectivity index (χ1) is 17.4. The standard InChI is InChI=1S/C27H23N3O6/c1-35-19-7-9-21(10-8-19)36-20-5-2-16(3-6-20)25(32)28-18-4-11-22-17(14-18)15-30(27(22)34)23-12-13-24(31)29-26(23)33/h2-11,14,23H,12-13,15H2,1H3,(H,28,32)(H,29,31,33). The Hall–Kier alpha value is -4.66. The molecule has 9 nitrogen and oxygen atoms in total. The third kappa shape index (κ3) is 4.63. The van der Waals surface area contributed by atoms with E-state index in [4.69, 9.17) is 9.47 Å². The monoisotopic (exact) mass is 485 g/mol. The third-order valence-corrected chi connectivity index (χ3v) is 6.19. The fraction of sp³-hybridized carbons (Fsp3) is 0.185. The van der Waals surface area contributed by atoms with Crippen molar-refractivity contribution in [3.63, 3.8) is 0 Å². The van der Waals surface area contributed by atoms with E-state index in [1.54, 1.807) is 73.8 Å². The zero-order chi connectivity index (χ0) is 25.2. The number of piperidine rings is 1. The van der Waals surface area contributed by atoms with Gasteiger partial charge in [-0.15, -0.1) is 0 Å². The highest BCUT2D eigenvalue weighted by molar-refractivity contribution is 6.07. The lowest BCUT2D eigenvalue weighted by Gasteiger charge is -2.29. The highest BCUT2D eigenvalue weighted by Crippen LogP contribution is 2.30. The molecule has 1 saturated heterocycles. The van der Waals surface area contributed by atoms with Gasteiger partial charge in [-0.3, -0.25) is 24.5 Å². The van der Waals surface area contributed by atoms with Gasteiger partial charge in [-0.05, 0) is 78.7 Å². The van der Waals surface area contributed by atoms with Gasteiger partial charge in [0.25, 0.3) is 11.8 Å². The van der Waals surface area contributed by atoms with Crippen LogP contribution in [0.2, 0.25) is 0 Å². The molecule has 9 heteroatoms. The van der Waals surface area contributed by atoms with E-state index in [1.807, 2.05) is 0 Å². The number of nitrogens with one attached hydrogen (secondary N) is 2. The van der Waals surface area contributed by atoms with Crippen LogP contribution in [0.5, 0.6) is 17.2 Å². The zero-order valence-electron chi connectivity index (χ0n) is 19.4. The fourth-order valence-corrected chi connectivity index (χ4v) is 4.31. The molecule has 0 bridgehead atoms. The minimum absolute atomic E-state index is 0.196. The largest absolute Gasteiger partial charge is 0.497 e. The van der Waals surface area contributed by atoms with Crippen LogP contribution in [-0.2, 0) is 16.1 Å². The van der Waals surface area contributed by atoms with Crippen LogP contribution in [0.4, 0.5) is 5.69 Å². The van der Waals surface area contributed by atoms with Crippen LogP contribution >= 0.6 is 0 Å². The number of carbonyl (C=O) groups excluding carboxylic acids is 4. The van der Waals surface area contributed by atoms with Crippen molar-refractivity contribution in [3.05, 3.63) is 83.4 Å². The van der Waals surface area contributed by atoms with Gasteiger partial charge in [0, 0.05) is 29.8 Å². The number of rotatable bonds is 6. The molecule has 1 fully saturated rings. The molecule has 0 spiro atoms. The Morgan fingerprint density at radius 3 is 2.28 bits per heavy atom. The summed E-state index contributed by atoms with van der Waals surface area (Å²) < 4.78 is 10.9. The molecule has 2 heterocycles. The number of imide groups is 1. The van der Waals surface area contributed by atoms with Crippen LogP contribution in [0.1, 0.15) is 39.1 Å². The highest BCUT2D eigenvalue weighted by Gasteiger charge is 2.39. The van der Waals surface area contributed by atoms with Gasteiger partial charge in [0.05, 0.1) is 7.11 Å². The first-order valence-electron chi connectivity index (χ1n) is 11.4. The molecule has 0 saturated carbocycles. The number of methoxy groups -OCH3 is 1. The predicted molar refractivity (Wildman–Crippen MR) is 130 cm³/mol. The van der Waals surface area contributed by atoms with E-state index in [0.29, 0.717) is 40.3 Å². The van der Waals surface area contributed by atoms with Gasteiger partial charge in [0.1, 0.15) is 23.3 Å². The minimum atomic E-state index is -0.681. The second kappa shape index (κ2) is 9.53. The van der Waals surface area contributed by atoms with Crippen LogP contribution in [0.15, 0.2) is 66.7 Å². The van der Waals surface area contributed by atoms with Crippen LogP contribution < -0.4 is 20.1 Å². The molecule has 0 radical (unpaired) electrons. The normalized spacial score (nSPS) is 16.9. The Morgan fingerprint density at radius 1 is 0.944 bits per heavy atom. The molecule has 5 rings (SSSR count). The molecule has 0 aromatic heterocycles. The van der Waals surface area contributed by atoms with E-state index in [0.717, 1.165) is 5.75 Å². The van der Waals surface area contributed by atoms with Crippen molar-refractivity contribution >= 4 is 29.3 Å². The molecule has 2 aliphatic rings. The van der Waals surface area contributed by atoms with Gasteiger partial charge < -0.3 is 19.7 Å². The molecule has 2 aliphatic heterocycles. The van der Waals surface area contributed by atoms with E-state index in [2.05, 4.69) is 10.6 Å². The minimum Gasteiger partial charge on any atom is -0.497 e. The summed E-state index contributed by atoms with van der Waals surface area (Å²) in [7, 11) is 1.60. The maximum atomic E-state index is 12.8. The molecule has 3 aromatic carbocycles. The smallest absolute Gasteiger partial charge is 0.255 e. The molecule has 2 N–H and O–H groups in total. The highest BCUT2D eigenvalue weighted by atomic mass is 16.5. The van der Waals surface area contributed by atoms with E-state index >= 15 is 0 Å². The van der Waals surface area contributed by atoms with E-state index in [-0.39, 0.29) is 30.7 Å². The van der Waals surface area contributed by atoms with Crippen molar-refractivity contribution in [2.24, 2.45) is 0 Å². The summed E-state index contributed by atoms with van der Waals surface area (Å²) in [4.78, 5) is 50.7. The summed E-state index contributed by atoms with van der Waals surface area (Å²) in [6, 6.07) is 18.3. The van der Waals surface area contributed by atoms with Crippen molar-refractivity contribution in [2.75, 3.05) is 12.4 Å². The molecule has 182 valence electrons. The van der Waals surface area contributed by atoms with Crippen molar-refractivity contribution in [1.82, 2.24) is 10.2 Å². The summed E-state index contributed by atoms with van der Waals surface area (Å²) in [5.41, 5.74) is 2.18. The quantitative estimate of drug-likeness (QED) is 0.517. The Morgan fingerprint density at radius 2 is 1.61 bits per heavy atom. The SMILES string of the molecule is COc1ccc(Oc2ccc(C(=O)Nc3ccc4c(c3)CN(C3CCC(=O)NC3=O)C4=O)cc2)cc1. The van der Waals surface area contributed by atoms with Crippen LogP contribution in [0.25, 0.3) is 0 Å². The number of fused-ring (bicyclic) bond motifs is 1. The number of hydrogen-bond donors (Lipinski definition) is 2. The van der Waals surface area contributed by atoms with Gasteiger partial charge in [-0.1, -0.05) is 0 Å². The van der Waals surface area contributed by atoms with E-state index in [9.17, 15) is 19.2 Å². The van der Waals surface area contributed by atoms with Crippen LogP contribution in [-0.4, -0.2) is 41.7 Å². The lowest BCUT2D eigenvalue weighted by Crippen LogP contribution is -2.52. The Balaban J connectivity index is 1.23. The van der Waals surface area contributed by atoms with Gasteiger partial charge in [0.15, 0.2) is 0 Å². The van der Waals surface area contributed by atoms with Gasteiger partial charge in [0.2, 0.25) is 11.8 Å². The number of ether oxygens (including phenoxy) is 2. The number of hydrogen-bond acceptors (Lipinski definition) is 6. The Bertz CT molecular complexity index is 1350. The molecule has 36 heavy (non-hydrogen) atoms. The van der Waals surface area contributed by atoms with E-state index in [1.165, 1.54) is 4.90 Å². The first kappa shape index (κ1) is 23.1. The van der Waals surface area contributed by atoms with Crippen molar-refractivity contribution in [3.8, 4) is 17.2 Å². The maximum absolute atomic E-state index is 12.8. The van der Waals surface area contributed by atoms with Crippen molar-refractivity contribution in [1.29, 1.82) is 0 Å². The summed E-state index contributed by atoms with van der Waals surface area (Å²) in [6.45, 7) is 0.238. The second-order valence-corrected chi connectivity index (χ2v) is 8.53. The molecule has 4 amide bonds. The van der Waals surface area contributed by atoms with Crippen molar-refractivity contribution in [2.45, 2.75) is 25.4 Å². The zero-order valence-corrected chi connectivity index (χ0v) is 19.4. The van der Waals surface area contributed by atoms with Gasteiger partial charge in [-0.25, -0.2) is 0 Å². The number of amides is 4.